The summed E-state index contributed by atoms with van der Waals surface area (Å²) in [6.45, 7) is 1.78. The molecule has 6 heteroatoms. The Bertz CT molecular complexity index is 700. The number of nitro benzene ring substituents is 1. The van der Waals surface area contributed by atoms with Gasteiger partial charge in [0.15, 0.2) is 5.78 Å². The number of carbonyl (C=O) groups excluding carboxylic acids is 1. The maximum Gasteiger partial charge on any atom is 0.287 e. The van der Waals surface area contributed by atoms with Gasteiger partial charge in [0.25, 0.3) is 5.69 Å². The second-order valence-electron chi connectivity index (χ2n) is 4.25. The molecule has 0 heterocycles. The van der Waals surface area contributed by atoms with Gasteiger partial charge in [-0.3, -0.25) is 14.9 Å². The first kappa shape index (κ1) is 15.2. The van der Waals surface area contributed by atoms with Crippen LogP contribution in [-0.4, -0.2) is 10.7 Å². The number of halogens is 1. The number of carbonyl (C=O) groups is 1. The normalized spacial score (nSPS) is 10.2. The molecular weight excluding hydrogens is 338 g/mol. The van der Waals surface area contributed by atoms with E-state index in [9.17, 15) is 14.9 Å². The molecule has 0 fully saturated rings. The minimum atomic E-state index is -0.492. The van der Waals surface area contributed by atoms with Gasteiger partial charge in [-0.05, 0) is 34.1 Å². The molecule has 5 nitrogen and oxygen atoms in total. The molecule has 0 saturated heterocycles. The van der Waals surface area contributed by atoms with Gasteiger partial charge < -0.3 is 4.74 Å². The highest BCUT2D eigenvalue weighted by atomic mass is 79.9. The summed E-state index contributed by atoms with van der Waals surface area (Å²) in [6.07, 6.45) is 0.407. The van der Waals surface area contributed by atoms with Gasteiger partial charge in [-0.25, -0.2) is 0 Å². The number of nitrogens with zero attached hydrogens (tertiary/aromatic N) is 1. The van der Waals surface area contributed by atoms with Crippen LogP contribution in [0.15, 0.2) is 46.9 Å². The van der Waals surface area contributed by atoms with Gasteiger partial charge in [0, 0.05) is 18.1 Å². The zero-order valence-electron chi connectivity index (χ0n) is 11.2. The van der Waals surface area contributed by atoms with E-state index in [2.05, 4.69) is 15.9 Å². The highest BCUT2D eigenvalue weighted by Crippen LogP contribution is 2.36. The summed E-state index contributed by atoms with van der Waals surface area (Å²) in [6, 6.07) is 11.3. The molecule has 0 aliphatic rings. The first-order chi connectivity index (χ1) is 10.0. The van der Waals surface area contributed by atoms with Crippen LogP contribution in [0, 0.1) is 10.1 Å². The van der Waals surface area contributed by atoms with Gasteiger partial charge in [0.05, 0.1) is 4.92 Å². The molecule has 0 N–H and O–H groups in total. The van der Waals surface area contributed by atoms with Crippen LogP contribution in [0.1, 0.15) is 23.7 Å². The van der Waals surface area contributed by atoms with Crippen LogP contribution in [0.5, 0.6) is 11.5 Å². The van der Waals surface area contributed by atoms with Crippen molar-refractivity contribution in [2.45, 2.75) is 13.3 Å². The molecule has 0 aliphatic carbocycles. The summed E-state index contributed by atoms with van der Waals surface area (Å²) in [5.41, 5.74) is 0.477. The van der Waals surface area contributed by atoms with Crippen molar-refractivity contribution in [1.82, 2.24) is 0 Å². The maximum absolute atomic E-state index is 11.7. The largest absolute Gasteiger partial charge is 0.456 e. The molecule has 0 radical (unpaired) electrons. The van der Waals surface area contributed by atoms with Crippen LogP contribution < -0.4 is 4.74 Å². The van der Waals surface area contributed by atoms with E-state index in [0.29, 0.717) is 23.5 Å². The lowest BCUT2D eigenvalue weighted by Crippen LogP contribution is -1.97. The second-order valence-corrected chi connectivity index (χ2v) is 5.05. The Kier molecular flexibility index (Phi) is 4.70. The fourth-order valence-corrected chi connectivity index (χ4v) is 2.27. The summed E-state index contributed by atoms with van der Waals surface area (Å²) in [5, 5.41) is 10.9. The fraction of sp³-hybridized carbons (Fsp3) is 0.133. The average Bonchev–Trinajstić information content (AvgIpc) is 2.48. The van der Waals surface area contributed by atoms with Crippen molar-refractivity contribution in [1.29, 1.82) is 0 Å². The summed E-state index contributed by atoms with van der Waals surface area (Å²) in [5.74, 6) is 0.791. The number of ketones is 1. The smallest absolute Gasteiger partial charge is 0.287 e. The Hall–Kier alpha value is -2.21. The molecule has 0 amide bonds. The lowest BCUT2D eigenvalue weighted by Gasteiger charge is -2.08. The monoisotopic (exact) mass is 349 g/mol. The Labute approximate surface area is 129 Å². The van der Waals surface area contributed by atoms with Crippen LogP contribution in [0.3, 0.4) is 0 Å². The lowest BCUT2D eigenvalue weighted by molar-refractivity contribution is -0.385. The highest BCUT2D eigenvalue weighted by Gasteiger charge is 2.16. The van der Waals surface area contributed by atoms with Crippen molar-refractivity contribution in [3.8, 4) is 11.5 Å². The third-order valence-electron chi connectivity index (χ3n) is 2.84. The summed E-state index contributed by atoms with van der Waals surface area (Å²) in [7, 11) is 0. The summed E-state index contributed by atoms with van der Waals surface area (Å²) < 4.78 is 5.90. The quantitative estimate of drug-likeness (QED) is 0.444. The highest BCUT2D eigenvalue weighted by molar-refractivity contribution is 9.10. The van der Waals surface area contributed by atoms with Crippen molar-refractivity contribution in [2.24, 2.45) is 0 Å². The minimum Gasteiger partial charge on any atom is -0.456 e. The van der Waals surface area contributed by atoms with Crippen molar-refractivity contribution < 1.29 is 14.5 Å². The molecule has 0 saturated carbocycles. The zero-order chi connectivity index (χ0) is 15.4. The maximum atomic E-state index is 11.7. The van der Waals surface area contributed by atoms with Gasteiger partial charge in [-0.1, -0.05) is 25.1 Å². The molecular formula is C15H12BrNO4. The molecule has 0 atom stereocenters. The van der Waals surface area contributed by atoms with Crippen molar-refractivity contribution >= 4 is 27.4 Å². The van der Waals surface area contributed by atoms with Gasteiger partial charge in [-0.2, -0.15) is 0 Å². The zero-order valence-corrected chi connectivity index (χ0v) is 12.8. The summed E-state index contributed by atoms with van der Waals surface area (Å²) in [4.78, 5) is 22.1. The van der Waals surface area contributed by atoms with Crippen LogP contribution in [0.2, 0.25) is 0 Å². The second kappa shape index (κ2) is 6.49. The molecule has 21 heavy (non-hydrogen) atoms. The van der Waals surface area contributed by atoms with Gasteiger partial charge >= 0.3 is 0 Å². The number of hydrogen-bond donors (Lipinski definition) is 0. The van der Waals surface area contributed by atoms with E-state index in [4.69, 9.17) is 4.74 Å². The third-order valence-corrected chi connectivity index (χ3v) is 3.64. The number of benzene rings is 2. The van der Waals surface area contributed by atoms with Gasteiger partial charge in [-0.15, -0.1) is 0 Å². The fourth-order valence-electron chi connectivity index (χ4n) is 1.78. The number of hydrogen-bond acceptors (Lipinski definition) is 4. The van der Waals surface area contributed by atoms with Crippen LogP contribution in [-0.2, 0) is 0 Å². The van der Waals surface area contributed by atoms with Crippen LogP contribution in [0.25, 0.3) is 0 Å². The van der Waals surface area contributed by atoms with Crippen LogP contribution in [0.4, 0.5) is 5.69 Å². The molecule has 0 bridgehead atoms. The SMILES string of the molecule is CCC(=O)c1cccc(Oc2cccc([N+](=O)[O-])c2Br)c1. The van der Waals surface area contributed by atoms with Crippen LogP contribution >= 0.6 is 15.9 Å². The van der Waals surface area contributed by atoms with Crippen molar-refractivity contribution in [3.05, 3.63) is 62.6 Å². The Balaban J connectivity index is 2.33. The number of rotatable bonds is 5. The molecule has 2 rings (SSSR count). The first-order valence-electron chi connectivity index (χ1n) is 6.27. The van der Waals surface area contributed by atoms with E-state index >= 15 is 0 Å². The standard InChI is InChI=1S/C15H12BrNO4/c1-2-13(18)10-5-3-6-11(9-10)21-14-8-4-7-12(15(14)16)17(19)20/h3-9H,2H2,1H3. The minimum absolute atomic E-state index is 0.0126. The topological polar surface area (TPSA) is 69.4 Å². The number of ether oxygens (including phenoxy) is 1. The predicted octanol–water partition coefficient (Wildman–Crippen LogP) is 4.74. The van der Waals surface area contributed by atoms with E-state index in [1.807, 2.05) is 0 Å². The molecule has 0 aliphatic heterocycles. The Morgan fingerprint density at radius 2 is 2.00 bits per heavy atom. The summed E-state index contributed by atoms with van der Waals surface area (Å²) >= 11 is 3.17. The van der Waals surface area contributed by atoms with E-state index in [-0.39, 0.29) is 15.9 Å². The van der Waals surface area contributed by atoms with Crippen molar-refractivity contribution in [3.63, 3.8) is 0 Å². The molecule has 0 spiro atoms. The lowest BCUT2D eigenvalue weighted by atomic mass is 10.1. The van der Waals surface area contributed by atoms with E-state index < -0.39 is 4.92 Å². The Morgan fingerprint density at radius 3 is 2.67 bits per heavy atom. The molecule has 108 valence electrons. The third kappa shape index (κ3) is 3.46. The van der Waals surface area contributed by atoms with Gasteiger partial charge in [0.1, 0.15) is 16.0 Å². The van der Waals surface area contributed by atoms with Crippen molar-refractivity contribution in [2.75, 3.05) is 0 Å². The molecule has 2 aromatic carbocycles. The first-order valence-corrected chi connectivity index (χ1v) is 7.06. The van der Waals surface area contributed by atoms with E-state index in [0.717, 1.165) is 0 Å². The number of nitro groups is 1. The van der Waals surface area contributed by atoms with E-state index in [1.54, 1.807) is 43.3 Å². The molecule has 0 unspecified atom stereocenters. The molecule has 0 aromatic heterocycles. The average molecular weight is 350 g/mol. The predicted molar refractivity (Wildman–Crippen MR) is 81.9 cm³/mol. The molecule has 2 aromatic rings. The van der Waals surface area contributed by atoms with E-state index in [1.165, 1.54) is 6.07 Å². The number of Topliss-reactive ketones (excluding diaryl/α,β-unsaturated/α-hetero) is 1. The van der Waals surface area contributed by atoms with Gasteiger partial charge in [0.2, 0.25) is 0 Å². The Morgan fingerprint density at radius 1 is 1.29 bits per heavy atom.